The van der Waals surface area contributed by atoms with Gasteiger partial charge in [-0.2, -0.15) is 0 Å². The van der Waals surface area contributed by atoms with Crippen LogP contribution >= 0.6 is 0 Å². The molecule has 19 heavy (non-hydrogen) atoms. The minimum atomic E-state index is -1.83. The fraction of sp³-hybridized carbons (Fsp3) is 1.00. The van der Waals surface area contributed by atoms with Crippen LogP contribution < -0.4 is 0 Å². The largest absolute Gasteiger partial charge is 0.396 e. The Morgan fingerprint density at radius 3 is 1.84 bits per heavy atom. The number of aliphatic hydroxyl groups excluding tert-OH is 1. The Bertz CT molecular complexity index is 366. The van der Waals surface area contributed by atoms with Crippen molar-refractivity contribution >= 4 is 0 Å². The fourth-order valence-electron chi connectivity index (χ4n) is 2.01. The van der Waals surface area contributed by atoms with E-state index in [0.29, 0.717) is 10.0 Å². The molecule has 0 atom stereocenters. The van der Waals surface area contributed by atoms with Crippen LogP contribution in [0.25, 0.3) is 0 Å². The van der Waals surface area contributed by atoms with Gasteiger partial charge >= 0.3 is 0 Å². The second-order valence-corrected chi connectivity index (χ2v) is 4.25. The summed E-state index contributed by atoms with van der Waals surface area (Å²) in [6, 6.07) is 0. The molecule has 12 heteroatoms. The lowest BCUT2D eigenvalue weighted by Gasteiger charge is -2.34. The standard InChI is InChI=1S/C7H13N5O7/c13-3-1-2-7(10(14)15)4-8(11(16)17)6-9(5-7)12(18)19/h13H,1-6H2. The molecular formula is C7H13N5O7. The minimum Gasteiger partial charge on any atom is -0.396 e. The van der Waals surface area contributed by atoms with Gasteiger partial charge in [0, 0.05) is 18.0 Å². The molecule has 0 aromatic carbocycles. The van der Waals surface area contributed by atoms with Gasteiger partial charge < -0.3 is 5.11 Å². The lowest BCUT2D eigenvalue weighted by molar-refractivity contribution is -0.744. The second-order valence-electron chi connectivity index (χ2n) is 4.25. The Labute approximate surface area is 106 Å². The number of rotatable bonds is 6. The van der Waals surface area contributed by atoms with Crippen LogP contribution in [0, 0.1) is 30.3 Å². The van der Waals surface area contributed by atoms with Crippen molar-refractivity contribution in [1.82, 2.24) is 10.0 Å². The molecule has 1 aliphatic heterocycles. The van der Waals surface area contributed by atoms with Gasteiger partial charge in [0.15, 0.2) is 23.2 Å². The maximum Gasteiger partial charge on any atom is 0.268 e. The van der Waals surface area contributed by atoms with Gasteiger partial charge in [0.25, 0.3) is 5.54 Å². The van der Waals surface area contributed by atoms with E-state index < -0.39 is 40.3 Å². The average molecular weight is 279 g/mol. The van der Waals surface area contributed by atoms with Crippen molar-refractivity contribution in [3.05, 3.63) is 30.3 Å². The van der Waals surface area contributed by atoms with Gasteiger partial charge in [-0.3, -0.25) is 10.1 Å². The van der Waals surface area contributed by atoms with Crippen molar-refractivity contribution in [2.75, 3.05) is 26.4 Å². The van der Waals surface area contributed by atoms with Crippen LogP contribution in [0.5, 0.6) is 0 Å². The van der Waals surface area contributed by atoms with Crippen LogP contribution in [-0.4, -0.2) is 62.0 Å². The minimum absolute atomic E-state index is 0.0398. The third-order valence-electron chi connectivity index (χ3n) is 2.93. The Balaban J connectivity index is 3.02. The summed E-state index contributed by atoms with van der Waals surface area (Å²) in [6.45, 7) is -2.00. The zero-order valence-corrected chi connectivity index (χ0v) is 9.88. The molecule has 1 fully saturated rings. The summed E-state index contributed by atoms with van der Waals surface area (Å²) in [4.78, 5) is 31.8. The number of hydrazine groups is 2. The summed E-state index contributed by atoms with van der Waals surface area (Å²) in [6.07, 6.45) is -0.136. The molecule has 12 nitrogen and oxygen atoms in total. The predicted octanol–water partition coefficient (Wildman–Crippen LogP) is -1.27. The Kier molecular flexibility index (Phi) is 4.37. The van der Waals surface area contributed by atoms with E-state index in [1.165, 1.54) is 0 Å². The van der Waals surface area contributed by atoms with Crippen molar-refractivity contribution in [2.24, 2.45) is 0 Å². The molecule has 0 aliphatic carbocycles. The SMILES string of the molecule is O=[N+]([O-])N1CN([N+](=O)[O-])CC(CCCO)([N+](=O)[O-])C1. The molecule has 0 bridgehead atoms. The lowest BCUT2D eigenvalue weighted by Crippen LogP contribution is -2.65. The van der Waals surface area contributed by atoms with E-state index >= 15 is 0 Å². The van der Waals surface area contributed by atoms with Crippen LogP contribution in [0.1, 0.15) is 12.8 Å². The first-order chi connectivity index (χ1) is 8.82. The molecule has 1 rings (SSSR count). The first-order valence-electron chi connectivity index (χ1n) is 5.36. The van der Waals surface area contributed by atoms with Crippen molar-refractivity contribution in [3.8, 4) is 0 Å². The summed E-state index contributed by atoms with van der Waals surface area (Å²) in [5.41, 5.74) is -1.83. The monoisotopic (exact) mass is 279 g/mol. The number of hydrogen-bond donors (Lipinski definition) is 1. The highest BCUT2D eigenvalue weighted by atomic mass is 16.7. The Morgan fingerprint density at radius 2 is 1.53 bits per heavy atom. The molecule has 1 aliphatic rings. The van der Waals surface area contributed by atoms with E-state index in [1.807, 2.05) is 0 Å². The highest BCUT2D eigenvalue weighted by Gasteiger charge is 2.55. The Hall–Kier alpha value is -2.24. The van der Waals surface area contributed by atoms with E-state index in [-0.39, 0.29) is 19.4 Å². The zero-order chi connectivity index (χ0) is 14.6. The Morgan fingerprint density at radius 1 is 1.05 bits per heavy atom. The number of nitro groups is 3. The highest BCUT2D eigenvalue weighted by molar-refractivity contribution is 4.86. The van der Waals surface area contributed by atoms with Gasteiger partial charge in [-0.15, -0.1) is 0 Å². The first-order valence-corrected chi connectivity index (χ1v) is 5.36. The molecule has 1 heterocycles. The average Bonchev–Trinajstić information content (AvgIpc) is 2.35. The van der Waals surface area contributed by atoms with Crippen molar-refractivity contribution < 1.29 is 20.1 Å². The molecule has 0 radical (unpaired) electrons. The van der Waals surface area contributed by atoms with E-state index in [2.05, 4.69) is 0 Å². The van der Waals surface area contributed by atoms with E-state index in [1.54, 1.807) is 0 Å². The van der Waals surface area contributed by atoms with E-state index in [4.69, 9.17) is 5.11 Å². The van der Waals surface area contributed by atoms with Gasteiger partial charge in [-0.05, 0) is 6.42 Å². The maximum absolute atomic E-state index is 11.1. The summed E-state index contributed by atoms with van der Waals surface area (Å²) >= 11 is 0. The number of nitrogens with zero attached hydrogens (tertiary/aromatic N) is 5. The molecular weight excluding hydrogens is 266 g/mol. The molecule has 0 aromatic heterocycles. The summed E-state index contributed by atoms with van der Waals surface area (Å²) in [5, 5.41) is 40.4. The quantitative estimate of drug-likeness (QED) is 0.462. The molecule has 0 saturated carbocycles. The van der Waals surface area contributed by atoms with Gasteiger partial charge in [-0.1, -0.05) is 10.0 Å². The molecule has 1 N–H and O–H groups in total. The fourth-order valence-corrected chi connectivity index (χ4v) is 2.01. The van der Waals surface area contributed by atoms with Crippen LogP contribution in [0.3, 0.4) is 0 Å². The molecule has 0 amide bonds. The van der Waals surface area contributed by atoms with Gasteiger partial charge in [0.05, 0.1) is 0 Å². The van der Waals surface area contributed by atoms with Crippen LogP contribution in [0.2, 0.25) is 0 Å². The van der Waals surface area contributed by atoms with Crippen LogP contribution in [-0.2, 0) is 0 Å². The normalized spacial score (nSPS) is 18.2. The summed E-state index contributed by atoms with van der Waals surface area (Å²) in [5.74, 6) is 0. The van der Waals surface area contributed by atoms with Gasteiger partial charge in [-0.25, -0.2) is 20.2 Å². The predicted molar refractivity (Wildman–Crippen MR) is 58.3 cm³/mol. The zero-order valence-electron chi connectivity index (χ0n) is 9.88. The van der Waals surface area contributed by atoms with E-state index in [0.717, 1.165) is 0 Å². The topological polar surface area (TPSA) is 156 Å². The van der Waals surface area contributed by atoms with Gasteiger partial charge in [0.1, 0.15) is 0 Å². The smallest absolute Gasteiger partial charge is 0.268 e. The summed E-state index contributed by atoms with van der Waals surface area (Å²) in [7, 11) is 0. The summed E-state index contributed by atoms with van der Waals surface area (Å²) < 4.78 is 0. The van der Waals surface area contributed by atoms with Crippen molar-refractivity contribution in [1.29, 1.82) is 0 Å². The molecule has 0 aromatic rings. The lowest BCUT2D eigenvalue weighted by atomic mass is 9.92. The number of aliphatic hydroxyl groups is 1. The van der Waals surface area contributed by atoms with Gasteiger partial charge in [0.2, 0.25) is 6.67 Å². The second kappa shape index (κ2) is 5.60. The highest BCUT2D eigenvalue weighted by Crippen LogP contribution is 2.25. The maximum atomic E-state index is 11.1. The van der Waals surface area contributed by atoms with Crippen molar-refractivity contribution in [3.63, 3.8) is 0 Å². The molecule has 0 unspecified atom stereocenters. The molecule has 1 saturated heterocycles. The van der Waals surface area contributed by atoms with Crippen LogP contribution in [0.4, 0.5) is 0 Å². The van der Waals surface area contributed by atoms with Crippen LogP contribution in [0.15, 0.2) is 0 Å². The first kappa shape index (κ1) is 14.8. The number of hydrogen-bond acceptors (Lipinski definition) is 7. The van der Waals surface area contributed by atoms with Crippen molar-refractivity contribution in [2.45, 2.75) is 18.4 Å². The molecule has 108 valence electrons. The third kappa shape index (κ3) is 3.15. The molecule has 0 spiro atoms. The van der Waals surface area contributed by atoms with E-state index in [9.17, 15) is 30.3 Å². The third-order valence-corrected chi connectivity index (χ3v) is 2.93.